The van der Waals surface area contributed by atoms with Crippen LogP contribution in [0.4, 0.5) is 5.69 Å². The predicted octanol–water partition coefficient (Wildman–Crippen LogP) is 4.21. The number of aliphatic imine (C=N–C) groups is 2. The summed E-state index contributed by atoms with van der Waals surface area (Å²) in [5.41, 5.74) is 12.9. The average Bonchev–Trinajstić information content (AvgIpc) is 3.13. The molecule has 2 rings (SSSR count). The van der Waals surface area contributed by atoms with Gasteiger partial charge in [0.05, 0.1) is 5.69 Å². The summed E-state index contributed by atoms with van der Waals surface area (Å²) in [6.45, 7) is 12.3. The molecule has 0 unspecified atom stereocenters. The number of benzene rings is 1. The van der Waals surface area contributed by atoms with Gasteiger partial charge in [-0.15, -0.1) is 11.8 Å². The molecule has 1 aromatic carbocycles. The van der Waals surface area contributed by atoms with Crippen molar-refractivity contribution in [3.05, 3.63) is 47.6 Å². The SMILES string of the molecule is C=C(N)c1cc(CCN2CCSC2)c(C)c(/N=C(C)/C=C/C(C)=N\C)c1. The highest BCUT2D eigenvalue weighted by atomic mass is 32.2. The molecule has 5 heteroatoms. The van der Waals surface area contributed by atoms with Crippen LogP contribution in [-0.2, 0) is 6.42 Å². The van der Waals surface area contributed by atoms with Gasteiger partial charge in [-0.3, -0.25) is 14.9 Å². The quantitative estimate of drug-likeness (QED) is 0.732. The van der Waals surface area contributed by atoms with Gasteiger partial charge in [-0.1, -0.05) is 6.58 Å². The lowest BCUT2D eigenvalue weighted by Crippen LogP contribution is -2.22. The molecule has 4 nitrogen and oxygen atoms in total. The van der Waals surface area contributed by atoms with E-state index in [1.54, 1.807) is 7.05 Å². The lowest BCUT2D eigenvalue weighted by atomic mass is 9.98. The first kappa shape index (κ1) is 20.5. The largest absolute Gasteiger partial charge is 0.399 e. The monoisotopic (exact) mass is 370 g/mol. The standard InChI is InChI=1S/C21H30N4S/c1-15(23-5)6-7-16(2)24-21-13-20(18(4)22)12-19(17(21)3)8-9-25-10-11-26-14-25/h6-7,12-13H,4,8-11,14,22H2,1-3,5H3/b7-6+,23-15-,24-16+. The predicted molar refractivity (Wildman–Crippen MR) is 118 cm³/mol. The average molecular weight is 371 g/mol. The Kier molecular flexibility index (Phi) is 7.66. The Labute approximate surface area is 162 Å². The zero-order chi connectivity index (χ0) is 19.1. The fourth-order valence-electron chi connectivity index (χ4n) is 2.77. The fraction of sp³-hybridized carbons (Fsp3) is 0.429. The van der Waals surface area contributed by atoms with Crippen molar-refractivity contribution in [2.24, 2.45) is 15.7 Å². The van der Waals surface area contributed by atoms with Gasteiger partial charge >= 0.3 is 0 Å². The number of nitrogens with two attached hydrogens (primary N) is 1. The maximum Gasteiger partial charge on any atom is 0.0671 e. The molecule has 0 amide bonds. The Hall–Kier alpha value is -1.85. The summed E-state index contributed by atoms with van der Waals surface area (Å²) in [4.78, 5) is 11.4. The molecule has 0 radical (unpaired) electrons. The molecule has 1 aromatic rings. The van der Waals surface area contributed by atoms with Gasteiger partial charge in [0.15, 0.2) is 0 Å². The molecule has 0 bridgehead atoms. The van der Waals surface area contributed by atoms with Crippen molar-refractivity contribution >= 4 is 34.6 Å². The van der Waals surface area contributed by atoms with E-state index in [0.29, 0.717) is 5.70 Å². The van der Waals surface area contributed by atoms with Gasteiger partial charge in [-0.25, -0.2) is 0 Å². The molecule has 1 fully saturated rings. The van der Waals surface area contributed by atoms with E-state index >= 15 is 0 Å². The first-order chi connectivity index (χ1) is 12.4. The maximum absolute atomic E-state index is 5.98. The Morgan fingerprint density at radius 2 is 2.04 bits per heavy atom. The molecular formula is C21H30N4S. The summed E-state index contributed by atoms with van der Waals surface area (Å²) in [6.07, 6.45) is 4.98. The molecule has 1 aliphatic rings. The molecule has 0 spiro atoms. The minimum atomic E-state index is 0.585. The lowest BCUT2D eigenvalue weighted by molar-refractivity contribution is 0.360. The van der Waals surface area contributed by atoms with E-state index < -0.39 is 0 Å². The van der Waals surface area contributed by atoms with Crippen LogP contribution in [0.25, 0.3) is 5.70 Å². The van der Waals surface area contributed by atoms with Crippen molar-refractivity contribution in [1.82, 2.24) is 4.90 Å². The summed E-state index contributed by atoms with van der Waals surface area (Å²) in [5.74, 6) is 2.37. The van der Waals surface area contributed by atoms with E-state index in [1.165, 1.54) is 23.4 Å². The molecule has 0 saturated carbocycles. The topological polar surface area (TPSA) is 54.0 Å². The van der Waals surface area contributed by atoms with Crippen molar-refractivity contribution in [3.8, 4) is 0 Å². The van der Waals surface area contributed by atoms with E-state index in [2.05, 4.69) is 29.5 Å². The second-order valence-electron chi connectivity index (χ2n) is 6.66. The zero-order valence-corrected chi connectivity index (χ0v) is 17.2. The fourth-order valence-corrected chi connectivity index (χ4v) is 3.80. The van der Waals surface area contributed by atoms with Crippen molar-refractivity contribution in [1.29, 1.82) is 0 Å². The van der Waals surface area contributed by atoms with Crippen molar-refractivity contribution < 1.29 is 0 Å². The summed E-state index contributed by atoms with van der Waals surface area (Å²) in [6, 6.07) is 4.20. The van der Waals surface area contributed by atoms with Crippen LogP contribution in [0, 0.1) is 6.92 Å². The number of hydrogen-bond donors (Lipinski definition) is 1. The van der Waals surface area contributed by atoms with Gasteiger partial charge in [0.1, 0.15) is 0 Å². The van der Waals surface area contributed by atoms with Gasteiger partial charge in [0.25, 0.3) is 0 Å². The Morgan fingerprint density at radius 3 is 2.65 bits per heavy atom. The molecule has 26 heavy (non-hydrogen) atoms. The third-order valence-corrected chi connectivity index (χ3v) is 5.62. The number of thioether (sulfide) groups is 1. The molecule has 0 aromatic heterocycles. The molecule has 1 aliphatic heterocycles. The lowest BCUT2D eigenvalue weighted by Gasteiger charge is -2.17. The van der Waals surface area contributed by atoms with Crippen molar-refractivity contribution in [2.45, 2.75) is 27.2 Å². The Balaban J connectivity index is 2.28. The van der Waals surface area contributed by atoms with Crippen LogP contribution in [0.3, 0.4) is 0 Å². The van der Waals surface area contributed by atoms with E-state index in [4.69, 9.17) is 10.7 Å². The van der Waals surface area contributed by atoms with Crippen LogP contribution in [0.2, 0.25) is 0 Å². The van der Waals surface area contributed by atoms with Crippen molar-refractivity contribution in [3.63, 3.8) is 0 Å². The molecular weight excluding hydrogens is 340 g/mol. The van der Waals surface area contributed by atoms with Gasteiger partial charge < -0.3 is 5.73 Å². The summed E-state index contributed by atoms with van der Waals surface area (Å²) >= 11 is 2.00. The summed E-state index contributed by atoms with van der Waals surface area (Å²) < 4.78 is 0. The van der Waals surface area contributed by atoms with Gasteiger partial charge in [0, 0.05) is 48.9 Å². The Bertz CT molecular complexity index is 741. The second-order valence-corrected chi connectivity index (χ2v) is 7.74. The minimum Gasteiger partial charge on any atom is -0.399 e. The third kappa shape index (κ3) is 5.85. The number of nitrogens with zero attached hydrogens (tertiary/aromatic N) is 3. The minimum absolute atomic E-state index is 0.585. The second kappa shape index (κ2) is 9.74. The highest BCUT2D eigenvalue weighted by Crippen LogP contribution is 2.28. The molecule has 0 atom stereocenters. The van der Waals surface area contributed by atoms with Gasteiger partial charge in [-0.05, 0) is 68.2 Å². The van der Waals surface area contributed by atoms with Gasteiger partial charge in [0.2, 0.25) is 0 Å². The number of allylic oxidation sites excluding steroid dienone is 2. The smallest absolute Gasteiger partial charge is 0.0671 e. The van der Waals surface area contributed by atoms with E-state index in [0.717, 1.165) is 41.5 Å². The van der Waals surface area contributed by atoms with E-state index in [-0.39, 0.29) is 0 Å². The first-order valence-corrected chi connectivity index (χ1v) is 10.1. The normalized spacial score (nSPS) is 16.6. The maximum atomic E-state index is 5.98. The highest BCUT2D eigenvalue weighted by Gasteiger charge is 2.14. The number of rotatable bonds is 7. The third-order valence-electron chi connectivity index (χ3n) is 4.60. The van der Waals surface area contributed by atoms with Crippen LogP contribution < -0.4 is 5.73 Å². The zero-order valence-electron chi connectivity index (χ0n) is 16.4. The first-order valence-electron chi connectivity index (χ1n) is 8.96. The molecule has 1 heterocycles. The van der Waals surface area contributed by atoms with E-state index in [1.807, 2.05) is 43.8 Å². The number of hydrogen-bond acceptors (Lipinski definition) is 5. The molecule has 140 valence electrons. The van der Waals surface area contributed by atoms with Crippen LogP contribution in [0.15, 0.2) is 40.8 Å². The molecule has 0 aliphatic carbocycles. The van der Waals surface area contributed by atoms with Crippen molar-refractivity contribution in [2.75, 3.05) is 31.8 Å². The van der Waals surface area contributed by atoms with Gasteiger partial charge in [-0.2, -0.15) is 0 Å². The van der Waals surface area contributed by atoms with Crippen LogP contribution >= 0.6 is 11.8 Å². The molecule has 2 N–H and O–H groups in total. The summed E-state index contributed by atoms with van der Waals surface area (Å²) in [5, 5.41) is 0. The Morgan fingerprint density at radius 1 is 1.31 bits per heavy atom. The summed E-state index contributed by atoms with van der Waals surface area (Å²) in [7, 11) is 1.79. The van der Waals surface area contributed by atoms with Crippen LogP contribution in [0.1, 0.15) is 30.5 Å². The highest BCUT2D eigenvalue weighted by molar-refractivity contribution is 7.99. The van der Waals surface area contributed by atoms with Crippen LogP contribution in [0.5, 0.6) is 0 Å². The van der Waals surface area contributed by atoms with E-state index in [9.17, 15) is 0 Å². The van der Waals surface area contributed by atoms with Crippen LogP contribution in [-0.4, -0.2) is 48.1 Å². The molecule has 1 saturated heterocycles.